The lowest BCUT2D eigenvalue weighted by Crippen LogP contribution is -2.25. The van der Waals surface area contributed by atoms with Gasteiger partial charge in [-0.3, -0.25) is 0 Å². The normalized spacial score (nSPS) is 20.4. The maximum absolute atomic E-state index is 5.80. The van der Waals surface area contributed by atoms with Gasteiger partial charge in [-0.25, -0.2) is 9.97 Å². The van der Waals surface area contributed by atoms with Gasteiger partial charge in [-0.2, -0.15) is 0 Å². The molecule has 0 bridgehead atoms. The van der Waals surface area contributed by atoms with Gasteiger partial charge in [-0.1, -0.05) is 12.1 Å². The van der Waals surface area contributed by atoms with Crippen LogP contribution in [0.2, 0.25) is 0 Å². The van der Waals surface area contributed by atoms with Crippen LogP contribution in [0.15, 0.2) is 30.6 Å². The van der Waals surface area contributed by atoms with Crippen molar-refractivity contribution in [2.75, 3.05) is 6.61 Å². The average molecular weight is 230 g/mol. The number of ether oxygens (including phenoxy) is 2. The molecule has 3 rings (SSSR count). The fourth-order valence-corrected chi connectivity index (χ4v) is 2.00. The predicted octanol–water partition coefficient (Wildman–Crippen LogP) is 2.54. The molecule has 4 nitrogen and oxygen atoms in total. The Balaban J connectivity index is 1.89. The van der Waals surface area contributed by atoms with Crippen molar-refractivity contribution in [1.29, 1.82) is 0 Å². The highest BCUT2D eigenvalue weighted by Crippen LogP contribution is 2.24. The molecular formula is C13H14N2O2. The molecule has 0 amide bonds. The van der Waals surface area contributed by atoms with Gasteiger partial charge >= 0.3 is 0 Å². The molecule has 0 aliphatic carbocycles. The van der Waals surface area contributed by atoms with Crippen molar-refractivity contribution in [1.82, 2.24) is 9.97 Å². The largest absolute Gasteiger partial charge is 0.447 e. The van der Waals surface area contributed by atoms with E-state index in [2.05, 4.69) is 9.97 Å². The first kappa shape index (κ1) is 10.5. The third-order valence-electron chi connectivity index (χ3n) is 2.89. The number of fused-ring (bicyclic) bond motifs is 1. The van der Waals surface area contributed by atoms with Crippen LogP contribution in [0.5, 0.6) is 5.88 Å². The van der Waals surface area contributed by atoms with E-state index in [0.717, 1.165) is 36.8 Å². The van der Waals surface area contributed by atoms with Gasteiger partial charge in [0, 0.05) is 6.42 Å². The number of hydrogen-bond donors (Lipinski definition) is 0. The molecule has 4 heteroatoms. The summed E-state index contributed by atoms with van der Waals surface area (Å²) in [6, 6.07) is 7.83. The zero-order valence-corrected chi connectivity index (χ0v) is 9.50. The maximum Gasteiger partial charge on any atom is 0.226 e. The molecule has 1 aromatic heterocycles. The summed E-state index contributed by atoms with van der Waals surface area (Å²) in [6.45, 7) is 0.772. The second kappa shape index (κ2) is 4.67. The molecule has 0 N–H and O–H groups in total. The highest BCUT2D eigenvalue weighted by Gasteiger charge is 2.17. The van der Waals surface area contributed by atoms with Crippen LogP contribution >= 0.6 is 0 Å². The summed E-state index contributed by atoms with van der Waals surface area (Å²) in [6.07, 6.45) is 4.55. The monoisotopic (exact) mass is 230 g/mol. The average Bonchev–Trinajstić information content (AvgIpc) is 2.40. The second-order valence-corrected chi connectivity index (χ2v) is 4.11. The smallest absolute Gasteiger partial charge is 0.226 e. The number of rotatable bonds is 2. The molecule has 1 unspecified atom stereocenters. The van der Waals surface area contributed by atoms with E-state index in [-0.39, 0.29) is 6.29 Å². The van der Waals surface area contributed by atoms with Gasteiger partial charge in [-0.05, 0) is 25.0 Å². The SMILES string of the molecule is c1ccc2c(OC3CCCCO3)ncnc2c1. The van der Waals surface area contributed by atoms with E-state index < -0.39 is 0 Å². The van der Waals surface area contributed by atoms with Crippen LogP contribution in [-0.2, 0) is 4.74 Å². The van der Waals surface area contributed by atoms with Crippen molar-refractivity contribution >= 4 is 10.9 Å². The van der Waals surface area contributed by atoms with Gasteiger partial charge in [0.1, 0.15) is 6.33 Å². The molecule has 2 aromatic rings. The van der Waals surface area contributed by atoms with E-state index in [4.69, 9.17) is 9.47 Å². The highest BCUT2D eigenvalue weighted by molar-refractivity contribution is 5.82. The molecular weight excluding hydrogens is 216 g/mol. The van der Waals surface area contributed by atoms with E-state index >= 15 is 0 Å². The lowest BCUT2D eigenvalue weighted by atomic mass is 10.2. The Kier molecular flexibility index (Phi) is 2.88. The van der Waals surface area contributed by atoms with E-state index in [0.29, 0.717) is 5.88 Å². The van der Waals surface area contributed by atoms with Gasteiger partial charge in [-0.15, -0.1) is 0 Å². The van der Waals surface area contributed by atoms with Gasteiger partial charge in [0.2, 0.25) is 12.2 Å². The van der Waals surface area contributed by atoms with Crippen LogP contribution in [0.25, 0.3) is 10.9 Å². The first-order chi connectivity index (χ1) is 8.43. The summed E-state index contributed by atoms with van der Waals surface area (Å²) < 4.78 is 11.3. The molecule has 1 fully saturated rings. The summed E-state index contributed by atoms with van der Waals surface area (Å²) in [5.41, 5.74) is 0.897. The van der Waals surface area contributed by atoms with E-state index in [1.165, 1.54) is 6.33 Å². The number of para-hydroxylation sites is 1. The fourth-order valence-electron chi connectivity index (χ4n) is 2.00. The van der Waals surface area contributed by atoms with E-state index in [9.17, 15) is 0 Å². The molecule has 1 aromatic carbocycles. The molecule has 88 valence electrons. The van der Waals surface area contributed by atoms with Crippen LogP contribution in [0.3, 0.4) is 0 Å². The van der Waals surface area contributed by atoms with Gasteiger partial charge in [0.15, 0.2) is 0 Å². The van der Waals surface area contributed by atoms with Crippen LogP contribution < -0.4 is 4.74 Å². The Morgan fingerprint density at radius 2 is 2.12 bits per heavy atom. The Hall–Kier alpha value is -1.68. The van der Waals surface area contributed by atoms with Crippen LogP contribution in [0.1, 0.15) is 19.3 Å². The van der Waals surface area contributed by atoms with Crippen LogP contribution in [0.4, 0.5) is 0 Å². The Bertz CT molecular complexity index is 504. The molecule has 1 aliphatic heterocycles. The molecule has 0 saturated carbocycles. The molecule has 2 heterocycles. The Labute approximate surface area is 99.6 Å². The maximum atomic E-state index is 5.80. The lowest BCUT2D eigenvalue weighted by molar-refractivity contribution is -0.107. The first-order valence-corrected chi connectivity index (χ1v) is 5.91. The summed E-state index contributed by atoms with van der Waals surface area (Å²) in [7, 11) is 0. The van der Waals surface area contributed by atoms with Gasteiger partial charge < -0.3 is 9.47 Å². The van der Waals surface area contributed by atoms with Gasteiger partial charge in [0.05, 0.1) is 17.5 Å². The summed E-state index contributed by atoms with van der Waals surface area (Å²) >= 11 is 0. The Morgan fingerprint density at radius 3 is 3.00 bits per heavy atom. The molecule has 17 heavy (non-hydrogen) atoms. The second-order valence-electron chi connectivity index (χ2n) is 4.11. The van der Waals surface area contributed by atoms with E-state index in [1.807, 2.05) is 24.3 Å². The number of nitrogens with zero attached hydrogens (tertiary/aromatic N) is 2. The quantitative estimate of drug-likeness (QED) is 0.795. The molecule has 0 spiro atoms. The zero-order valence-electron chi connectivity index (χ0n) is 9.50. The van der Waals surface area contributed by atoms with Crippen molar-refractivity contribution in [3.8, 4) is 5.88 Å². The third kappa shape index (κ3) is 2.22. The van der Waals surface area contributed by atoms with Crippen molar-refractivity contribution in [2.24, 2.45) is 0 Å². The third-order valence-corrected chi connectivity index (χ3v) is 2.89. The molecule has 0 radical (unpaired) electrons. The molecule has 1 saturated heterocycles. The van der Waals surface area contributed by atoms with Crippen molar-refractivity contribution in [3.63, 3.8) is 0 Å². The minimum Gasteiger partial charge on any atom is -0.447 e. The summed E-state index contributed by atoms with van der Waals surface area (Å²) in [5.74, 6) is 0.613. The van der Waals surface area contributed by atoms with E-state index in [1.54, 1.807) is 0 Å². The lowest BCUT2D eigenvalue weighted by Gasteiger charge is -2.23. The van der Waals surface area contributed by atoms with Crippen molar-refractivity contribution in [2.45, 2.75) is 25.6 Å². The minimum absolute atomic E-state index is 0.165. The standard InChI is InChI=1S/C13H14N2O2/c1-2-6-11-10(5-1)13(15-9-14-11)17-12-7-3-4-8-16-12/h1-2,5-6,9,12H,3-4,7-8H2. The summed E-state index contributed by atoms with van der Waals surface area (Å²) in [5, 5.41) is 0.934. The Morgan fingerprint density at radius 1 is 1.18 bits per heavy atom. The van der Waals surface area contributed by atoms with Crippen molar-refractivity contribution < 1.29 is 9.47 Å². The van der Waals surface area contributed by atoms with Crippen LogP contribution in [0, 0.1) is 0 Å². The van der Waals surface area contributed by atoms with Crippen molar-refractivity contribution in [3.05, 3.63) is 30.6 Å². The topological polar surface area (TPSA) is 44.2 Å². The highest BCUT2D eigenvalue weighted by atomic mass is 16.7. The van der Waals surface area contributed by atoms with Gasteiger partial charge in [0.25, 0.3) is 0 Å². The first-order valence-electron chi connectivity index (χ1n) is 5.91. The number of benzene rings is 1. The number of aromatic nitrogens is 2. The molecule has 1 atom stereocenters. The summed E-state index contributed by atoms with van der Waals surface area (Å²) in [4.78, 5) is 8.39. The van der Waals surface area contributed by atoms with Crippen LogP contribution in [-0.4, -0.2) is 22.9 Å². The molecule has 1 aliphatic rings. The zero-order chi connectivity index (χ0) is 11.5. The minimum atomic E-state index is -0.165. The fraction of sp³-hybridized carbons (Fsp3) is 0.385. The number of hydrogen-bond acceptors (Lipinski definition) is 4. The predicted molar refractivity (Wildman–Crippen MR) is 63.8 cm³/mol.